The molecule has 4 rings (SSSR count). The molecule has 0 saturated carbocycles. The Kier molecular flexibility index (Phi) is 6.40. The first kappa shape index (κ1) is 21.8. The van der Waals surface area contributed by atoms with Crippen molar-refractivity contribution in [3.8, 4) is 11.1 Å². The lowest BCUT2D eigenvalue weighted by molar-refractivity contribution is -0.139. The summed E-state index contributed by atoms with van der Waals surface area (Å²) in [5, 5.41) is 0. The zero-order valence-electron chi connectivity index (χ0n) is 18.8. The van der Waals surface area contributed by atoms with Crippen LogP contribution in [0.1, 0.15) is 17.5 Å². The van der Waals surface area contributed by atoms with E-state index in [1.165, 1.54) is 0 Å². The molecule has 0 spiro atoms. The lowest BCUT2D eigenvalue weighted by Gasteiger charge is -2.32. The molecule has 1 fully saturated rings. The Labute approximate surface area is 190 Å². The van der Waals surface area contributed by atoms with Gasteiger partial charge in [-0.3, -0.25) is 9.59 Å². The van der Waals surface area contributed by atoms with Crippen LogP contribution in [-0.4, -0.2) is 48.8 Å². The topological polar surface area (TPSA) is 40.6 Å². The van der Waals surface area contributed by atoms with Crippen molar-refractivity contribution < 1.29 is 9.59 Å². The van der Waals surface area contributed by atoms with Gasteiger partial charge in [0.2, 0.25) is 11.8 Å². The summed E-state index contributed by atoms with van der Waals surface area (Å²) in [6, 6.07) is 28.4. The van der Waals surface area contributed by atoms with Crippen LogP contribution in [0.15, 0.2) is 84.9 Å². The Balaban J connectivity index is 1.61. The number of benzene rings is 3. The van der Waals surface area contributed by atoms with Gasteiger partial charge in [-0.1, -0.05) is 84.9 Å². The molecule has 4 nitrogen and oxygen atoms in total. The first-order valence-electron chi connectivity index (χ1n) is 11.2. The van der Waals surface area contributed by atoms with Gasteiger partial charge in [-0.2, -0.15) is 0 Å². The predicted octanol–water partition coefficient (Wildman–Crippen LogP) is 4.45. The minimum atomic E-state index is -0.610. The highest BCUT2D eigenvalue weighted by Crippen LogP contribution is 2.38. The standard InChI is InChI=1S/C28H30N2O2/c1-29(2)27(32)28(17-18-30(21-28)26(31)19-22-11-5-3-6-12-22)20-24-15-9-10-16-25(24)23-13-7-4-8-14-23/h3-16H,17-21H2,1-2H3/t28-/m1/s1. The van der Waals surface area contributed by atoms with Crippen LogP contribution in [0.2, 0.25) is 0 Å². The number of carbonyl (C=O) groups excluding carboxylic acids is 2. The van der Waals surface area contributed by atoms with E-state index in [1.54, 1.807) is 4.90 Å². The molecule has 0 N–H and O–H groups in total. The Morgan fingerprint density at radius 1 is 0.875 bits per heavy atom. The average Bonchev–Trinajstić information content (AvgIpc) is 3.25. The predicted molar refractivity (Wildman–Crippen MR) is 128 cm³/mol. The van der Waals surface area contributed by atoms with Crippen molar-refractivity contribution in [1.29, 1.82) is 0 Å². The smallest absolute Gasteiger partial charge is 0.230 e. The van der Waals surface area contributed by atoms with Gasteiger partial charge in [0.25, 0.3) is 0 Å². The normalized spacial score (nSPS) is 17.9. The summed E-state index contributed by atoms with van der Waals surface area (Å²) in [4.78, 5) is 30.0. The highest BCUT2D eigenvalue weighted by atomic mass is 16.2. The summed E-state index contributed by atoms with van der Waals surface area (Å²) in [5.74, 6) is 0.177. The van der Waals surface area contributed by atoms with E-state index in [-0.39, 0.29) is 11.8 Å². The molecule has 164 valence electrons. The van der Waals surface area contributed by atoms with Crippen LogP contribution in [0.3, 0.4) is 0 Å². The molecule has 1 atom stereocenters. The van der Waals surface area contributed by atoms with Crippen molar-refractivity contribution in [3.05, 3.63) is 96.1 Å². The van der Waals surface area contributed by atoms with Crippen LogP contribution >= 0.6 is 0 Å². The third-order valence-corrected chi connectivity index (χ3v) is 6.40. The Bertz CT molecular complexity index is 1080. The van der Waals surface area contributed by atoms with Crippen molar-refractivity contribution >= 4 is 11.8 Å². The van der Waals surface area contributed by atoms with Crippen molar-refractivity contribution in [2.75, 3.05) is 27.2 Å². The fraction of sp³-hybridized carbons (Fsp3) is 0.286. The van der Waals surface area contributed by atoms with E-state index in [0.29, 0.717) is 32.4 Å². The number of likely N-dealkylation sites (tertiary alicyclic amines) is 1. The van der Waals surface area contributed by atoms with E-state index in [4.69, 9.17) is 0 Å². The lowest BCUT2D eigenvalue weighted by Crippen LogP contribution is -2.45. The number of hydrogen-bond acceptors (Lipinski definition) is 2. The van der Waals surface area contributed by atoms with Crippen LogP contribution < -0.4 is 0 Å². The summed E-state index contributed by atoms with van der Waals surface area (Å²) in [6.45, 7) is 1.07. The minimum absolute atomic E-state index is 0.0842. The molecule has 0 aromatic heterocycles. The molecule has 1 heterocycles. The molecule has 0 radical (unpaired) electrons. The van der Waals surface area contributed by atoms with Crippen molar-refractivity contribution in [2.24, 2.45) is 5.41 Å². The second kappa shape index (κ2) is 9.39. The number of amides is 2. The number of nitrogens with zero attached hydrogens (tertiary/aromatic N) is 2. The maximum Gasteiger partial charge on any atom is 0.230 e. The molecular weight excluding hydrogens is 396 g/mol. The number of carbonyl (C=O) groups is 2. The SMILES string of the molecule is CN(C)C(=O)[C@@]1(Cc2ccccc2-c2ccccc2)CCN(C(=O)Cc2ccccc2)C1. The van der Waals surface area contributed by atoms with Gasteiger partial charge in [0, 0.05) is 27.2 Å². The van der Waals surface area contributed by atoms with Gasteiger partial charge in [-0.05, 0) is 35.1 Å². The quantitative estimate of drug-likeness (QED) is 0.584. The molecule has 2 amide bonds. The molecule has 1 aliphatic rings. The maximum atomic E-state index is 13.4. The summed E-state index contributed by atoms with van der Waals surface area (Å²) in [5.41, 5.74) is 3.83. The third-order valence-electron chi connectivity index (χ3n) is 6.40. The second-order valence-electron chi connectivity index (χ2n) is 8.91. The minimum Gasteiger partial charge on any atom is -0.348 e. The molecule has 4 heteroatoms. The Morgan fingerprint density at radius 2 is 1.50 bits per heavy atom. The molecule has 3 aromatic rings. The largest absolute Gasteiger partial charge is 0.348 e. The zero-order chi connectivity index (χ0) is 22.6. The second-order valence-corrected chi connectivity index (χ2v) is 8.91. The maximum absolute atomic E-state index is 13.4. The van der Waals surface area contributed by atoms with Crippen LogP contribution in [0.25, 0.3) is 11.1 Å². The molecule has 1 aliphatic heterocycles. The van der Waals surface area contributed by atoms with Crippen LogP contribution in [-0.2, 0) is 22.4 Å². The Hall–Kier alpha value is -3.40. The highest BCUT2D eigenvalue weighted by Gasteiger charge is 2.46. The van der Waals surface area contributed by atoms with Crippen LogP contribution in [0.5, 0.6) is 0 Å². The van der Waals surface area contributed by atoms with E-state index in [9.17, 15) is 9.59 Å². The van der Waals surface area contributed by atoms with Gasteiger partial charge in [0.15, 0.2) is 0 Å². The van der Waals surface area contributed by atoms with Gasteiger partial charge in [-0.15, -0.1) is 0 Å². The summed E-state index contributed by atoms with van der Waals surface area (Å²) in [6.07, 6.45) is 1.66. The van der Waals surface area contributed by atoms with Gasteiger partial charge in [0.05, 0.1) is 11.8 Å². The van der Waals surface area contributed by atoms with E-state index in [0.717, 1.165) is 22.3 Å². The van der Waals surface area contributed by atoms with E-state index < -0.39 is 5.41 Å². The van der Waals surface area contributed by atoms with E-state index in [1.807, 2.05) is 79.7 Å². The molecular formula is C28H30N2O2. The highest BCUT2D eigenvalue weighted by molar-refractivity contribution is 5.86. The molecule has 0 aliphatic carbocycles. The van der Waals surface area contributed by atoms with Gasteiger partial charge >= 0.3 is 0 Å². The molecule has 0 unspecified atom stereocenters. The fourth-order valence-electron chi connectivity index (χ4n) is 4.77. The molecule has 32 heavy (non-hydrogen) atoms. The lowest BCUT2D eigenvalue weighted by atomic mass is 9.77. The van der Waals surface area contributed by atoms with Crippen LogP contribution in [0.4, 0.5) is 0 Å². The molecule has 3 aromatic carbocycles. The summed E-state index contributed by atoms with van der Waals surface area (Å²) >= 11 is 0. The first-order valence-corrected chi connectivity index (χ1v) is 11.2. The number of hydrogen-bond donors (Lipinski definition) is 0. The summed E-state index contributed by atoms with van der Waals surface area (Å²) < 4.78 is 0. The van der Waals surface area contributed by atoms with Gasteiger partial charge in [-0.25, -0.2) is 0 Å². The van der Waals surface area contributed by atoms with Crippen molar-refractivity contribution in [3.63, 3.8) is 0 Å². The fourth-order valence-corrected chi connectivity index (χ4v) is 4.77. The van der Waals surface area contributed by atoms with Gasteiger partial charge in [0.1, 0.15) is 0 Å². The van der Waals surface area contributed by atoms with Gasteiger partial charge < -0.3 is 9.80 Å². The zero-order valence-corrected chi connectivity index (χ0v) is 18.8. The third kappa shape index (κ3) is 4.59. The summed E-state index contributed by atoms with van der Waals surface area (Å²) in [7, 11) is 3.61. The monoisotopic (exact) mass is 426 g/mol. The first-order chi connectivity index (χ1) is 15.5. The number of rotatable bonds is 6. The average molecular weight is 427 g/mol. The van der Waals surface area contributed by atoms with E-state index in [2.05, 4.69) is 24.3 Å². The van der Waals surface area contributed by atoms with E-state index >= 15 is 0 Å². The Morgan fingerprint density at radius 3 is 2.19 bits per heavy atom. The van der Waals surface area contributed by atoms with Crippen LogP contribution in [0, 0.1) is 5.41 Å². The van der Waals surface area contributed by atoms with Crippen molar-refractivity contribution in [2.45, 2.75) is 19.3 Å². The molecule has 0 bridgehead atoms. The molecule has 1 saturated heterocycles. The van der Waals surface area contributed by atoms with Crippen molar-refractivity contribution in [1.82, 2.24) is 9.80 Å².